The molecule has 1 aliphatic rings. The van der Waals surface area contributed by atoms with E-state index in [9.17, 15) is 4.79 Å². The monoisotopic (exact) mass is 218 g/mol. The summed E-state index contributed by atoms with van der Waals surface area (Å²) in [6.45, 7) is 2.11. The molecule has 1 atom stereocenters. The number of rotatable bonds is 3. The van der Waals surface area contributed by atoms with Crippen LogP contribution in [-0.2, 0) is 4.79 Å². The summed E-state index contributed by atoms with van der Waals surface area (Å²) in [7, 11) is 0. The molecule has 0 N–H and O–H groups in total. The lowest BCUT2D eigenvalue weighted by atomic mass is 9.90. The average molecular weight is 219 g/mol. The highest BCUT2D eigenvalue weighted by Crippen LogP contribution is 2.29. The van der Waals surface area contributed by atoms with Crippen LogP contribution in [0.3, 0.4) is 0 Å². The molecule has 0 bridgehead atoms. The van der Waals surface area contributed by atoms with Gasteiger partial charge < -0.3 is 0 Å². The van der Waals surface area contributed by atoms with Gasteiger partial charge in [-0.3, -0.25) is 4.79 Å². The summed E-state index contributed by atoms with van der Waals surface area (Å²) in [4.78, 5) is 10.6. The van der Waals surface area contributed by atoms with Crippen molar-refractivity contribution in [1.82, 2.24) is 0 Å². The van der Waals surface area contributed by atoms with Gasteiger partial charge in [-0.05, 0) is 36.4 Å². The summed E-state index contributed by atoms with van der Waals surface area (Å²) < 4.78 is 0. The number of halogens is 2. The van der Waals surface area contributed by atoms with Crippen LogP contribution in [0.25, 0.3) is 0 Å². The van der Waals surface area contributed by atoms with Gasteiger partial charge in [-0.1, -0.05) is 30.2 Å². The Bertz CT molecular complexity index is 266. The van der Waals surface area contributed by atoms with Gasteiger partial charge in [0, 0.05) is 11.5 Å². The van der Waals surface area contributed by atoms with Crippen LogP contribution < -0.4 is 0 Å². The normalized spacial score (nSPS) is 22.2. The summed E-state index contributed by atoms with van der Waals surface area (Å²) in [5, 5.41) is 0.613. The van der Waals surface area contributed by atoms with Gasteiger partial charge in [-0.2, -0.15) is 0 Å². The van der Waals surface area contributed by atoms with Crippen molar-refractivity contribution in [3.63, 3.8) is 0 Å². The first-order chi connectivity index (χ1) is 6.09. The van der Waals surface area contributed by atoms with Crippen LogP contribution in [0.1, 0.15) is 26.2 Å². The fraction of sp³-hybridized carbons (Fsp3) is 0.500. The molecule has 0 saturated carbocycles. The van der Waals surface area contributed by atoms with Crippen molar-refractivity contribution in [1.29, 1.82) is 0 Å². The third-order valence-corrected chi connectivity index (χ3v) is 2.69. The van der Waals surface area contributed by atoms with Crippen LogP contribution in [0, 0.1) is 5.92 Å². The molecule has 0 fully saturated rings. The van der Waals surface area contributed by atoms with Gasteiger partial charge in [0.25, 0.3) is 0 Å². The summed E-state index contributed by atoms with van der Waals surface area (Å²) >= 11 is 11.1. The Morgan fingerprint density at radius 3 is 2.85 bits per heavy atom. The van der Waals surface area contributed by atoms with Crippen LogP contribution in [0.5, 0.6) is 0 Å². The third-order valence-electron chi connectivity index (χ3n) is 2.22. The molecule has 0 saturated heterocycles. The molecule has 13 heavy (non-hydrogen) atoms. The highest BCUT2D eigenvalue weighted by molar-refractivity contribution is 6.63. The molecule has 0 aromatic carbocycles. The van der Waals surface area contributed by atoms with Crippen LogP contribution in [0.4, 0.5) is 0 Å². The molecule has 1 nitrogen and oxygen atoms in total. The fourth-order valence-electron chi connectivity index (χ4n) is 1.43. The molecule has 0 aromatic heterocycles. The van der Waals surface area contributed by atoms with E-state index in [1.165, 1.54) is 5.57 Å². The zero-order valence-electron chi connectivity index (χ0n) is 7.52. The minimum absolute atomic E-state index is 0.270. The van der Waals surface area contributed by atoms with E-state index in [1.807, 2.05) is 12.2 Å². The molecular formula is C10H12Cl2O. The maximum atomic E-state index is 10.6. The van der Waals surface area contributed by atoms with Crippen LogP contribution in [0.15, 0.2) is 22.8 Å². The summed E-state index contributed by atoms with van der Waals surface area (Å²) in [6.07, 6.45) is 5.95. The Balaban J connectivity index is 2.53. The van der Waals surface area contributed by atoms with E-state index in [-0.39, 0.29) is 5.24 Å². The topological polar surface area (TPSA) is 17.1 Å². The molecular weight excluding hydrogens is 207 g/mol. The first-order valence-corrected chi connectivity index (χ1v) is 5.08. The number of carbonyl (C=O) groups excluding carboxylic acids is 1. The Labute approximate surface area is 88.4 Å². The second kappa shape index (κ2) is 4.83. The Morgan fingerprint density at radius 2 is 2.31 bits per heavy atom. The van der Waals surface area contributed by atoms with Crippen molar-refractivity contribution in [2.45, 2.75) is 26.2 Å². The van der Waals surface area contributed by atoms with Gasteiger partial charge in [0.05, 0.1) is 0 Å². The van der Waals surface area contributed by atoms with Crippen LogP contribution >= 0.6 is 23.2 Å². The molecule has 1 unspecified atom stereocenters. The van der Waals surface area contributed by atoms with Crippen molar-refractivity contribution < 1.29 is 4.79 Å². The lowest BCUT2D eigenvalue weighted by molar-refractivity contribution is -0.111. The minimum atomic E-state index is -0.270. The first-order valence-electron chi connectivity index (χ1n) is 4.33. The standard InChI is InChI=1S/C10H12Cl2O/c1-7-6-9(11)4-2-8(7)3-5-10(12)13/h2,4,7H,3,5-6H2,1H3. The smallest absolute Gasteiger partial charge is 0.221 e. The minimum Gasteiger partial charge on any atom is -0.281 e. The van der Waals surface area contributed by atoms with E-state index in [1.54, 1.807) is 0 Å². The lowest BCUT2D eigenvalue weighted by Gasteiger charge is -2.18. The first kappa shape index (κ1) is 10.8. The largest absolute Gasteiger partial charge is 0.281 e. The Hall–Kier alpha value is -0.270. The van der Waals surface area contributed by atoms with Crippen molar-refractivity contribution in [3.8, 4) is 0 Å². The van der Waals surface area contributed by atoms with Crippen LogP contribution in [0.2, 0.25) is 0 Å². The molecule has 0 aromatic rings. The predicted octanol–water partition coefficient (Wildman–Crippen LogP) is 3.62. The number of hydrogen-bond acceptors (Lipinski definition) is 1. The van der Waals surface area contributed by atoms with Crippen molar-refractivity contribution in [2.75, 3.05) is 0 Å². The third kappa shape index (κ3) is 3.53. The van der Waals surface area contributed by atoms with E-state index in [0.717, 1.165) is 17.9 Å². The molecule has 1 rings (SSSR count). The Morgan fingerprint density at radius 1 is 1.62 bits per heavy atom. The van der Waals surface area contributed by atoms with Crippen molar-refractivity contribution >= 4 is 28.4 Å². The highest BCUT2D eigenvalue weighted by atomic mass is 35.5. The molecule has 0 spiro atoms. The lowest BCUT2D eigenvalue weighted by Crippen LogP contribution is -2.04. The molecule has 0 radical (unpaired) electrons. The van der Waals surface area contributed by atoms with Gasteiger partial charge in [0.1, 0.15) is 0 Å². The van der Waals surface area contributed by atoms with E-state index in [2.05, 4.69) is 6.92 Å². The number of carbonyl (C=O) groups is 1. The molecule has 0 amide bonds. The highest BCUT2D eigenvalue weighted by Gasteiger charge is 2.14. The average Bonchev–Trinajstić information content (AvgIpc) is 2.02. The fourth-order valence-corrected chi connectivity index (χ4v) is 1.81. The second-order valence-electron chi connectivity index (χ2n) is 3.32. The zero-order valence-corrected chi connectivity index (χ0v) is 9.03. The molecule has 0 heterocycles. The van der Waals surface area contributed by atoms with Gasteiger partial charge in [0.15, 0.2) is 0 Å². The quantitative estimate of drug-likeness (QED) is 0.662. The summed E-state index contributed by atoms with van der Waals surface area (Å²) in [6, 6.07) is 0. The Kier molecular flexibility index (Phi) is 4.01. The van der Waals surface area contributed by atoms with Crippen LogP contribution in [-0.4, -0.2) is 5.24 Å². The number of hydrogen-bond donors (Lipinski definition) is 0. The van der Waals surface area contributed by atoms with E-state index >= 15 is 0 Å². The van der Waals surface area contributed by atoms with Crippen molar-refractivity contribution in [2.24, 2.45) is 5.92 Å². The van der Waals surface area contributed by atoms with Gasteiger partial charge in [-0.15, -0.1) is 0 Å². The molecule has 1 aliphatic carbocycles. The predicted molar refractivity (Wildman–Crippen MR) is 55.9 cm³/mol. The van der Waals surface area contributed by atoms with E-state index < -0.39 is 0 Å². The molecule has 0 aliphatic heterocycles. The van der Waals surface area contributed by atoms with Gasteiger partial charge in [-0.25, -0.2) is 0 Å². The maximum Gasteiger partial charge on any atom is 0.221 e. The molecule has 72 valence electrons. The second-order valence-corrected chi connectivity index (χ2v) is 4.22. The maximum absolute atomic E-state index is 10.6. The van der Waals surface area contributed by atoms with Crippen molar-refractivity contribution in [3.05, 3.63) is 22.8 Å². The molecule has 3 heteroatoms. The van der Waals surface area contributed by atoms with E-state index in [4.69, 9.17) is 23.2 Å². The summed E-state index contributed by atoms with van der Waals surface area (Å²) in [5.41, 5.74) is 1.26. The SMILES string of the molecule is CC1CC(Cl)=CC=C1CCC(=O)Cl. The zero-order chi connectivity index (χ0) is 9.84. The summed E-state index contributed by atoms with van der Waals surface area (Å²) in [5.74, 6) is 0.438. The van der Waals surface area contributed by atoms with E-state index in [0.29, 0.717) is 12.3 Å². The van der Waals surface area contributed by atoms with Gasteiger partial charge in [0.2, 0.25) is 5.24 Å². The number of allylic oxidation sites excluding steroid dienone is 4. The van der Waals surface area contributed by atoms with Gasteiger partial charge >= 0.3 is 0 Å².